The van der Waals surface area contributed by atoms with Crippen molar-refractivity contribution in [2.24, 2.45) is 0 Å². The van der Waals surface area contributed by atoms with Crippen LogP contribution in [0.5, 0.6) is 0 Å². The number of rotatable bonds is 4. The van der Waals surface area contributed by atoms with E-state index in [1.807, 2.05) is 11.5 Å². The molecule has 3 nitrogen and oxygen atoms in total. The molecule has 0 saturated carbocycles. The van der Waals surface area contributed by atoms with Gasteiger partial charge in [-0.25, -0.2) is 13.8 Å². The van der Waals surface area contributed by atoms with E-state index in [-0.39, 0.29) is 5.69 Å². The first kappa shape index (κ1) is 12.5. The summed E-state index contributed by atoms with van der Waals surface area (Å²) in [5.74, 6) is -0.759. The summed E-state index contributed by atoms with van der Waals surface area (Å²) in [5.41, 5.74) is 0.242. The zero-order valence-electron chi connectivity index (χ0n) is 10.4. The van der Waals surface area contributed by atoms with E-state index in [0.717, 1.165) is 13.0 Å². The Morgan fingerprint density at radius 2 is 2.11 bits per heavy atom. The third kappa shape index (κ3) is 2.34. The van der Waals surface area contributed by atoms with Crippen LogP contribution in [0.15, 0.2) is 24.5 Å². The molecule has 0 fully saturated rings. The van der Waals surface area contributed by atoms with Gasteiger partial charge in [-0.1, -0.05) is 13.0 Å². The molecule has 1 heterocycles. The van der Waals surface area contributed by atoms with E-state index in [4.69, 9.17) is 0 Å². The van der Waals surface area contributed by atoms with Crippen LogP contribution in [0, 0.1) is 18.6 Å². The first-order valence-electron chi connectivity index (χ1n) is 5.86. The van der Waals surface area contributed by atoms with Crippen molar-refractivity contribution in [1.29, 1.82) is 0 Å². The molecule has 96 valence electrons. The Bertz CT molecular complexity index is 549. The Labute approximate surface area is 104 Å². The summed E-state index contributed by atoms with van der Waals surface area (Å²) in [7, 11) is 0. The number of nitrogens with zero attached hydrogens (tertiary/aromatic N) is 2. The van der Waals surface area contributed by atoms with Gasteiger partial charge in [0.2, 0.25) is 5.95 Å². The summed E-state index contributed by atoms with van der Waals surface area (Å²) in [6.07, 6.45) is 4.30. The number of aromatic nitrogens is 2. The van der Waals surface area contributed by atoms with Crippen molar-refractivity contribution in [3.63, 3.8) is 0 Å². The number of nitrogens with one attached hydrogen (secondary N) is 1. The van der Waals surface area contributed by atoms with Gasteiger partial charge in [-0.2, -0.15) is 0 Å². The predicted molar refractivity (Wildman–Crippen MR) is 66.9 cm³/mol. The fraction of sp³-hybridized carbons (Fsp3) is 0.308. The van der Waals surface area contributed by atoms with Crippen molar-refractivity contribution >= 4 is 11.6 Å². The van der Waals surface area contributed by atoms with Crippen LogP contribution in [-0.2, 0) is 6.54 Å². The van der Waals surface area contributed by atoms with Crippen LogP contribution in [0.4, 0.5) is 20.4 Å². The molecule has 2 aromatic rings. The SMILES string of the molecule is CCCn1ccnc1Nc1c(F)ccc(C)c1F. The highest BCUT2D eigenvalue weighted by Gasteiger charge is 2.13. The third-order valence-electron chi connectivity index (χ3n) is 2.70. The number of aryl methyl sites for hydroxylation is 2. The lowest BCUT2D eigenvalue weighted by Gasteiger charge is -2.11. The minimum absolute atomic E-state index is 0.154. The summed E-state index contributed by atoms with van der Waals surface area (Å²) >= 11 is 0. The fourth-order valence-corrected chi connectivity index (χ4v) is 1.74. The van der Waals surface area contributed by atoms with E-state index in [2.05, 4.69) is 10.3 Å². The average molecular weight is 251 g/mol. The zero-order valence-corrected chi connectivity index (χ0v) is 10.4. The molecular formula is C13H15F2N3. The van der Waals surface area contributed by atoms with E-state index >= 15 is 0 Å². The molecule has 0 radical (unpaired) electrons. The molecule has 0 bridgehead atoms. The molecule has 18 heavy (non-hydrogen) atoms. The van der Waals surface area contributed by atoms with Gasteiger partial charge in [-0.3, -0.25) is 0 Å². The normalized spacial score (nSPS) is 10.7. The van der Waals surface area contributed by atoms with Crippen molar-refractivity contribution in [3.8, 4) is 0 Å². The van der Waals surface area contributed by atoms with Crippen molar-refractivity contribution < 1.29 is 8.78 Å². The van der Waals surface area contributed by atoms with E-state index in [1.54, 1.807) is 19.3 Å². The highest BCUT2D eigenvalue weighted by molar-refractivity contribution is 5.57. The van der Waals surface area contributed by atoms with Gasteiger partial charge in [-0.05, 0) is 25.0 Å². The molecule has 0 aliphatic rings. The highest BCUT2D eigenvalue weighted by atomic mass is 19.1. The molecule has 1 aromatic heterocycles. The molecule has 0 spiro atoms. The van der Waals surface area contributed by atoms with Crippen LogP contribution >= 0.6 is 0 Å². The molecule has 0 amide bonds. The molecule has 0 saturated heterocycles. The Balaban J connectivity index is 2.34. The first-order valence-corrected chi connectivity index (χ1v) is 5.86. The second kappa shape index (κ2) is 5.16. The van der Waals surface area contributed by atoms with Gasteiger partial charge >= 0.3 is 0 Å². The Hall–Kier alpha value is -1.91. The standard InChI is InChI=1S/C13H15F2N3/c1-3-7-18-8-6-16-13(18)17-12-10(14)5-4-9(2)11(12)15/h4-6,8H,3,7H2,1-2H3,(H,16,17). The van der Waals surface area contributed by atoms with Crippen LogP contribution < -0.4 is 5.32 Å². The second-order valence-electron chi connectivity index (χ2n) is 4.12. The summed E-state index contributed by atoms with van der Waals surface area (Å²) in [6.45, 7) is 4.37. The van der Waals surface area contributed by atoms with Crippen molar-refractivity contribution in [2.75, 3.05) is 5.32 Å². The lowest BCUT2D eigenvalue weighted by atomic mass is 10.2. The third-order valence-corrected chi connectivity index (χ3v) is 2.70. The number of anilines is 2. The highest BCUT2D eigenvalue weighted by Crippen LogP contribution is 2.24. The van der Waals surface area contributed by atoms with Gasteiger partial charge in [0, 0.05) is 18.9 Å². The number of benzene rings is 1. The molecule has 5 heteroatoms. The summed E-state index contributed by atoms with van der Waals surface area (Å²) in [5, 5.41) is 2.72. The van der Waals surface area contributed by atoms with Crippen molar-refractivity contribution in [1.82, 2.24) is 9.55 Å². The van der Waals surface area contributed by atoms with Gasteiger partial charge in [0.15, 0.2) is 5.82 Å². The molecule has 0 aliphatic carbocycles. The number of hydrogen-bond donors (Lipinski definition) is 1. The largest absolute Gasteiger partial charge is 0.321 e. The lowest BCUT2D eigenvalue weighted by molar-refractivity contribution is 0.583. The van der Waals surface area contributed by atoms with E-state index in [9.17, 15) is 8.78 Å². The molecule has 2 rings (SSSR count). The van der Waals surface area contributed by atoms with Gasteiger partial charge in [0.1, 0.15) is 11.5 Å². The number of imidazole rings is 1. The van der Waals surface area contributed by atoms with E-state index < -0.39 is 11.6 Å². The second-order valence-corrected chi connectivity index (χ2v) is 4.12. The Kier molecular flexibility index (Phi) is 3.60. The van der Waals surface area contributed by atoms with Crippen molar-refractivity contribution in [2.45, 2.75) is 26.8 Å². The quantitative estimate of drug-likeness (QED) is 0.899. The maximum Gasteiger partial charge on any atom is 0.207 e. The van der Waals surface area contributed by atoms with Crippen LogP contribution in [0.3, 0.4) is 0 Å². The molecule has 0 atom stereocenters. The smallest absolute Gasteiger partial charge is 0.207 e. The zero-order chi connectivity index (χ0) is 13.1. The molecule has 0 aliphatic heterocycles. The van der Waals surface area contributed by atoms with Crippen LogP contribution in [0.1, 0.15) is 18.9 Å². The lowest BCUT2D eigenvalue weighted by Crippen LogP contribution is -2.06. The maximum atomic E-state index is 13.8. The number of halogens is 2. The number of hydrogen-bond acceptors (Lipinski definition) is 2. The van der Waals surface area contributed by atoms with E-state index in [1.165, 1.54) is 12.1 Å². The van der Waals surface area contributed by atoms with Gasteiger partial charge in [-0.15, -0.1) is 0 Å². The predicted octanol–water partition coefficient (Wildman–Crippen LogP) is 3.62. The van der Waals surface area contributed by atoms with Gasteiger partial charge in [0.25, 0.3) is 0 Å². The van der Waals surface area contributed by atoms with Crippen molar-refractivity contribution in [3.05, 3.63) is 41.7 Å². The first-order chi connectivity index (χ1) is 8.63. The van der Waals surface area contributed by atoms with Gasteiger partial charge < -0.3 is 9.88 Å². The monoisotopic (exact) mass is 251 g/mol. The topological polar surface area (TPSA) is 29.9 Å². The fourth-order valence-electron chi connectivity index (χ4n) is 1.74. The molecule has 0 unspecified atom stereocenters. The average Bonchev–Trinajstić information content (AvgIpc) is 2.78. The van der Waals surface area contributed by atoms with Crippen LogP contribution in [-0.4, -0.2) is 9.55 Å². The summed E-state index contributed by atoms with van der Waals surface area (Å²) in [6, 6.07) is 2.65. The molecular weight excluding hydrogens is 236 g/mol. The Morgan fingerprint density at radius 1 is 1.33 bits per heavy atom. The maximum absolute atomic E-state index is 13.8. The minimum atomic E-state index is -0.621. The summed E-state index contributed by atoms with van der Waals surface area (Å²) < 4.78 is 29.3. The van der Waals surface area contributed by atoms with Gasteiger partial charge in [0.05, 0.1) is 0 Å². The van der Waals surface area contributed by atoms with Crippen LogP contribution in [0.2, 0.25) is 0 Å². The minimum Gasteiger partial charge on any atom is -0.321 e. The Morgan fingerprint density at radius 3 is 2.83 bits per heavy atom. The van der Waals surface area contributed by atoms with E-state index in [0.29, 0.717) is 11.5 Å². The molecule has 1 N–H and O–H groups in total. The summed E-state index contributed by atoms with van der Waals surface area (Å²) in [4.78, 5) is 4.06. The van der Waals surface area contributed by atoms with Crippen LogP contribution in [0.25, 0.3) is 0 Å². The molecule has 1 aromatic carbocycles.